The standard InChI is InChI=1S/C6H10O4/c1-3-4-9-6(8)10-5(2)7/h3-4H2,1-2H3. The van der Waals surface area contributed by atoms with E-state index in [2.05, 4.69) is 9.47 Å². The van der Waals surface area contributed by atoms with E-state index in [9.17, 15) is 9.59 Å². The van der Waals surface area contributed by atoms with Gasteiger partial charge in [-0.15, -0.1) is 0 Å². The molecule has 10 heavy (non-hydrogen) atoms. The first-order valence-corrected chi connectivity index (χ1v) is 3.02. The third kappa shape index (κ3) is 5.08. The van der Waals surface area contributed by atoms with Crippen LogP contribution in [0.15, 0.2) is 0 Å². The number of carbonyl (C=O) groups is 2. The summed E-state index contributed by atoms with van der Waals surface area (Å²) in [6.07, 6.45) is -0.207. The highest BCUT2D eigenvalue weighted by atomic mass is 16.7. The van der Waals surface area contributed by atoms with Crippen LogP contribution in [0.1, 0.15) is 20.3 Å². The lowest BCUT2D eigenvalue weighted by Crippen LogP contribution is -2.11. The summed E-state index contributed by atoms with van der Waals surface area (Å²) in [5.41, 5.74) is 0. The van der Waals surface area contributed by atoms with E-state index in [4.69, 9.17) is 0 Å². The van der Waals surface area contributed by atoms with Gasteiger partial charge in [-0.05, 0) is 6.42 Å². The maximum atomic E-state index is 10.3. The van der Waals surface area contributed by atoms with Crippen LogP contribution in [0.5, 0.6) is 0 Å². The van der Waals surface area contributed by atoms with Gasteiger partial charge in [0.25, 0.3) is 0 Å². The molecule has 0 saturated heterocycles. The third-order valence-electron chi connectivity index (χ3n) is 0.651. The molecule has 0 N–H and O–H groups in total. The Morgan fingerprint density at radius 1 is 1.40 bits per heavy atom. The van der Waals surface area contributed by atoms with Gasteiger partial charge in [-0.1, -0.05) is 6.92 Å². The van der Waals surface area contributed by atoms with Crippen molar-refractivity contribution in [2.75, 3.05) is 6.61 Å². The summed E-state index contributed by atoms with van der Waals surface area (Å²) in [6.45, 7) is 3.28. The lowest BCUT2D eigenvalue weighted by atomic mass is 10.5. The molecule has 0 aromatic rings. The minimum absolute atomic E-state index is 0.284. The highest BCUT2D eigenvalue weighted by Gasteiger charge is 2.04. The molecule has 0 aliphatic carbocycles. The molecule has 0 saturated carbocycles. The van der Waals surface area contributed by atoms with Gasteiger partial charge in [0.1, 0.15) is 0 Å². The monoisotopic (exact) mass is 146 g/mol. The lowest BCUT2D eigenvalue weighted by molar-refractivity contribution is -0.137. The van der Waals surface area contributed by atoms with Crippen molar-refractivity contribution in [2.45, 2.75) is 20.3 Å². The van der Waals surface area contributed by atoms with E-state index in [0.717, 1.165) is 6.92 Å². The molecular formula is C6H10O4. The van der Waals surface area contributed by atoms with Crippen molar-refractivity contribution >= 4 is 12.1 Å². The molecule has 0 bridgehead atoms. The molecule has 4 heteroatoms. The second kappa shape index (κ2) is 4.78. The van der Waals surface area contributed by atoms with Gasteiger partial charge >= 0.3 is 12.1 Å². The smallest absolute Gasteiger partial charge is 0.434 e. The Hall–Kier alpha value is -1.06. The molecule has 0 rings (SSSR count). The van der Waals surface area contributed by atoms with E-state index in [1.165, 1.54) is 0 Å². The van der Waals surface area contributed by atoms with Gasteiger partial charge in [-0.3, -0.25) is 4.79 Å². The summed E-state index contributed by atoms with van der Waals surface area (Å²) in [4.78, 5) is 20.4. The van der Waals surface area contributed by atoms with Gasteiger partial charge in [0.15, 0.2) is 0 Å². The van der Waals surface area contributed by atoms with E-state index in [1.807, 2.05) is 6.92 Å². The van der Waals surface area contributed by atoms with Crippen LogP contribution in [0.25, 0.3) is 0 Å². The van der Waals surface area contributed by atoms with E-state index >= 15 is 0 Å². The van der Waals surface area contributed by atoms with Gasteiger partial charge in [0.2, 0.25) is 0 Å². The fourth-order valence-electron chi connectivity index (χ4n) is 0.332. The molecule has 0 aromatic carbocycles. The van der Waals surface area contributed by atoms with Crippen molar-refractivity contribution in [3.63, 3.8) is 0 Å². The quantitative estimate of drug-likeness (QED) is 0.432. The minimum atomic E-state index is -0.922. The first-order chi connectivity index (χ1) is 4.66. The first-order valence-electron chi connectivity index (χ1n) is 3.02. The van der Waals surface area contributed by atoms with Crippen LogP contribution < -0.4 is 0 Å². The minimum Gasteiger partial charge on any atom is -0.434 e. The molecule has 0 aliphatic heterocycles. The van der Waals surface area contributed by atoms with Crippen LogP contribution in [0, 0.1) is 0 Å². The van der Waals surface area contributed by atoms with Gasteiger partial charge in [0.05, 0.1) is 6.61 Å². The molecule has 0 aromatic heterocycles. The van der Waals surface area contributed by atoms with E-state index < -0.39 is 12.1 Å². The molecule has 58 valence electrons. The predicted molar refractivity (Wildman–Crippen MR) is 33.4 cm³/mol. The number of hydrogen-bond acceptors (Lipinski definition) is 4. The van der Waals surface area contributed by atoms with E-state index in [0.29, 0.717) is 6.42 Å². The van der Waals surface area contributed by atoms with E-state index in [1.54, 1.807) is 0 Å². The van der Waals surface area contributed by atoms with Crippen LogP contribution in [0.3, 0.4) is 0 Å². The van der Waals surface area contributed by atoms with Gasteiger partial charge in [0, 0.05) is 6.92 Å². The maximum Gasteiger partial charge on any atom is 0.516 e. The zero-order chi connectivity index (χ0) is 7.98. The highest BCUT2D eigenvalue weighted by Crippen LogP contribution is 1.87. The zero-order valence-electron chi connectivity index (χ0n) is 6.05. The molecule has 4 nitrogen and oxygen atoms in total. The Morgan fingerprint density at radius 2 is 2.00 bits per heavy atom. The Labute approximate surface area is 59.1 Å². The van der Waals surface area contributed by atoms with Crippen LogP contribution in [0.4, 0.5) is 4.79 Å². The average molecular weight is 146 g/mol. The summed E-state index contributed by atoms with van der Waals surface area (Å²) in [5, 5.41) is 0. The number of carbonyl (C=O) groups excluding carboxylic acids is 2. The zero-order valence-corrected chi connectivity index (χ0v) is 6.05. The van der Waals surface area contributed by atoms with Crippen molar-refractivity contribution in [2.24, 2.45) is 0 Å². The fraction of sp³-hybridized carbons (Fsp3) is 0.667. The Balaban J connectivity index is 3.35. The molecule has 0 unspecified atom stereocenters. The van der Waals surface area contributed by atoms with Gasteiger partial charge in [-0.25, -0.2) is 4.79 Å². The second-order valence-corrected chi connectivity index (χ2v) is 1.69. The van der Waals surface area contributed by atoms with Crippen LogP contribution >= 0.6 is 0 Å². The topological polar surface area (TPSA) is 52.6 Å². The fourth-order valence-corrected chi connectivity index (χ4v) is 0.332. The number of esters is 1. The number of ether oxygens (including phenoxy) is 2. The highest BCUT2D eigenvalue weighted by molar-refractivity contribution is 5.79. The number of hydrogen-bond donors (Lipinski definition) is 0. The van der Waals surface area contributed by atoms with Crippen molar-refractivity contribution in [1.82, 2.24) is 0 Å². The van der Waals surface area contributed by atoms with Crippen molar-refractivity contribution in [1.29, 1.82) is 0 Å². The van der Waals surface area contributed by atoms with Crippen molar-refractivity contribution in [3.8, 4) is 0 Å². The van der Waals surface area contributed by atoms with Gasteiger partial charge < -0.3 is 9.47 Å². The summed E-state index contributed by atoms with van der Waals surface area (Å²) < 4.78 is 8.47. The average Bonchev–Trinajstić information content (AvgIpc) is 1.82. The normalized spacial score (nSPS) is 8.60. The SMILES string of the molecule is CCCOC(=O)OC(C)=O. The number of rotatable bonds is 2. The molecule has 0 atom stereocenters. The summed E-state index contributed by atoms with van der Waals surface area (Å²) >= 11 is 0. The Morgan fingerprint density at radius 3 is 2.40 bits per heavy atom. The molecule has 0 aliphatic rings. The molecule has 0 amide bonds. The van der Waals surface area contributed by atoms with Crippen molar-refractivity contribution in [3.05, 3.63) is 0 Å². The largest absolute Gasteiger partial charge is 0.516 e. The molecule has 0 heterocycles. The molecular weight excluding hydrogens is 136 g/mol. The van der Waals surface area contributed by atoms with Crippen LogP contribution in [0.2, 0.25) is 0 Å². The molecule has 0 fully saturated rings. The molecule has 0 radical (unpaired) electrons. The first kappa shape index (κ1) is 8.94. The second-order valence-electron chi connectivity index (χ2n) is 1.69. The maximum absolute atomic E-state index is 10.3. The molecule has 0 spiro atoms. The predicted octanol–water partition coefficient (Wildman–Crippen LogP) is 1.10. The van der Waals surface area contributed by atoms with Crippen LogP contribution in [-0.4, -0.2) is 18.7 Å². The summed E-state index contributed by atoms with van der Waals surface area (Å²) in [6, 6.07) is 0. The lowest BCUT2D eigenvalue weighted by Gasteiger charge is -1.99. The van der Waals surface area contributed by atoms with Crippen molar-refractivity contribution < 1.29 is 19.1 Å². The third-order valence-corrected chi connectivity index (χ3v) is 0.651. The Bertz CT molecular complexity index is 130. The summed E-state index contributed by atoms with van der Waals surface area (Å²) in [5.74, 6) is -0.652. The van der Waals surface area contributed by atoms with Gasteiger partial charge in [-0.2, -0.15) is 0 Å². The van der Waals surface area contributed by atoms with E-state index in [-0.39, 0.29) is 6.61 Å². The van der Waals surface area contributed by atoms with Crippen LogP contribution in [-0.2, 0) is 14.3 Å². The summed E-state index contributed by atoms with van der Waals surface area (Å²) in [7, 11) is 0. The Kier molecular flexibility index (Phi) is 4.28.